The fourth-order valence-electron chi connectivity index (χ4n) is 2.88. The van der Waals surface area contributed by atoms with Crippen molar-refractivity contribution in [2.24, 2.45) is 0 Å². The number of esters is 1. The smallest absolute Gasteiger partial charge is 0.348 e. The lowest BCUT2D eigenvalue weighted by Crippen LogP contribution is -2.42. The van der Waals surface area contributed by atoms with Crippen LogP contribution in [0.15, 0.2) is 37.0 Å². The molecule has 0 aromatic rings. The molecule has 0 saturated heterocycles. The van der Waals surface area contributed by atoms with Crippen LogP contribution < -0.4 is 0 Å². The predicted octanol–water partition coefficient (Wildman–Crippen LogP) is 6.37. The van der Waals surface area contributed by atoms with E-state index in [0.717, 1.165) is 44.6 Å². The molecule has 0 heterocycles. The molecule has 1 N–H and O–H groups in total. The number of carboxylic acid groups (broad SMARTS) is 1. The van der Waals surface area contributed by atoms with Gasteiger partial charge in [-0.2, -0.15) is 0 Å². The lowest BCUT2D eigenvalue weighted by molar-refractivity contribution is -0.177. The highest BCUT2D eigenvalue weighted by Gasteiger charge is 2.39. The van der Waals surface area contributed by atoms with Crippen molar-refractivity contribution in [2.75, 3.05) is 0 Å². The van der Waals surface area contributed by atoms with E-state index in [9.17, 15) is 14.7 Å². The van der Waals surface area contributed by atoms with Gasteiger partial charge in [0.2, 0.25) is 5.60 Å². The molecule has 0 bridgehead atoms. The van der Waals surface area contributed by atoms with Crippen LogP contribution in [0.5, 0.6) is 0 Å². The number of aliphatic carboxylic acids is 1. The molecule has 0 aliphatic heterocycles. The van der Waals surface area contributed by atoms with Crippen molar-refractivity contribution < 1.29 is 19.4 Å². The minimum atomic E-state index is -1.42. The summed E-state index contributed by atoms with van der Waals surface area (Å²) >= 11 is 0. The number of hydrogen-bond donors (Lipinski definition) is 1. The first-order valence-corrected chi connectivity index (χ1v) is 10.4. The Bertz CT molecular complexity index is 479. The molecule has 0 spiro atoms. The third-order valence-corrected chi connectivity index (χ3v) is 4.70. The van der Waals surface area contributed by atoms with Crippen LogP contribution in [0.4, 0.5) is 0 Å². The van der Waals surface area contributed by atoms with Crippen LogP contribution in [0.2, 0.25) is 0 Å². The van der Waals surface area contributed by atoms with Crippen molar-refractivity contribution in [3.05, 3.63) is 37.0 Å². The van der Waals surface area contributed by atoms with Crippen LogP contribution in [0.25, 0.3) is 0 Å². The zero-order valence-corrected chi connectivity index (χ0v) is 17.3. The molecular formula is C23H38O4. The molecular weight excluding hydrogens is 340 g/mol. The van der Waals surface area contributed by atoms with Gasteiger partial charge in [-0.05, 0) is 51.4 Å². The summed E-state index contributed by atoms with van der Waals surface area (Å²) in [6.45, 7) is 7.28. The molecule has 0 aliphatic carbocycles. The first-order valence-electron chi connectivity index (χ1n) is 10.4. The standard InChI is InChI=1S/C23H38O4/c1-4-7-8-9-10-11-12-13-14-15-16-17-18-19-20-23(6-3,22(25)26)27-21(24)5-2/h5,10-11,13-14H,2,4,6-9,12,15-20H2,1,3H3,(H,25,26)/b11-10-,14-13-. The normalized spacial score (nSPS) is 13.7. The first kappa shape index (κ1) is 25.2. The molecule has 1 atom stereocenters. The number of carboxylic acids is 1. The highest BCUT2D eigenvalue weighted by Crippen LogP contribution is 2.25. The van der Waals surface area contributed by atoms with E-state index in [2.05, 4.69) is 37.8 Å². The summed E-state index contributed by atoms with van der Waals surface area (Å²) in [7, 11) is 0. The van der Waals surface area contributed by atoms with Crippen LogP contribution >= 0.6 is 0 Å². The van der Waals surface area contributed by atoms with Crippen LogP contribution in [0, 0.1) is 0 Å². The summed E-state index contributed by atoms with van der Waals surface area (Å²) in [6.07, 6.45) is 21.4. The van der Waals surface area contributed by atoms with Gasteiger partial charge in [0.05, 0.1) is 0 Å². The largest absolute Gasteiger partial charge is 0.478 e. The van der Waals surface area contributed by atoms with Gasteiger partial charge in [0.25, 0.3) is 0 Å². The van der Waals surface area contributed by atoms with E-state index in [0.29, 0.717) is 6.42 Å². The van der Waals surface area contributed by atoms with E-state index in [1.165, 1.54) is 25.7 Å². The number of allylic oxidation sites excluding steroid dienone is 4. The zero-order chi connectivity index (χ0) is 20.4. The van der Waals surface area contributed by atoms with Crippen molar-refractivity contribution >= 4 is 11.9 Å². The predicted molar refractivity (Wildman–Crippen MR) is 112 cm³/mol. The quantitative estimate of drug-likeness (QED) is 0.138. The van der Waals surface area contributed by atoms with E-state index in [-0.39, 0.29) is 6.42 Å². The van der Waals surface area contributed by atoms with Gasteiger partial charge in [0, 0.05) is 6.08 Å². The molecule has 0 rings (SSSR count). The Morgan fingerprint density at radius 1 is 0.926 bits per heavy atom. The van der Waals surface area contributed by atoms with E-state index in [1.807, 2.05) is 0 Å². The topological polar surface area (TPSA) is 63.6 Å². The fourth-order valence-corrected chi connectivity index (χ4v) is 2.88. The third kappa shape index (κ3) is 12.2. The monoisotopic (exact) mass is 378 g/mol. The maximum absolute atomic E-state index is 11.5. The van der Waals surface area contributed by atoms with Gasteiger partial charge >= 0.3 is 11.9 Å². The van der Waals surface area contributed by atoms with Crippen molar-refractivity contribution in [2.45, 2.75) is 96.5 Å². The van der Waals surface area contributed by atoms with E-state index in [4.69, 9.17) is 4.74 Å². The van der Waals surface area contributed by atoms with Crippen molar-refractivity contribution in [1.82, 2.24) is 0 Å². The third-order valence-electron chi connectivity index (χ3n) is 4.70. The maximum atomic E-state index is 11.5. The molecule has 0 amide bonds. The number of carbonyl (C=O) groups is 2. The molecule has 4 heteroatoms. The average Bonchev–Trinajstić information content (AvgIpc) is 2.66. The van der Waals surface area contributed by atoms with Crippen LogP contribution in [0.3, 0.4) is 0 Å². The first-order chi connectivity index (χ1) is 13.0. The Balaban J connectivity index is 3.90. The van der Waals surface area contributed by atoms with E-state index < -0.39 is 17.5 Å². The van der Waals surface area contributed by atoms with Gasteiger partial charge in [-0.15, -0.1) is 0 Å². The molecule has 0 saturated carbocycles. The number of hydrogen-bond acceptors (Lipinski definition) is 3. The highest BCUT2D eigenvalue weighted by atomic mass is 16.6. The van der Waals surface area contributed by atoms with Crippen molar-refractivity contribution in [3.63, 3.8) is 0 Å². The average molecular weight is 379 g/mol. The van der Waals surface area contributed by atoms with E-state index >= 15 is 0 Å². The second-order valence-electron chi connectivity index (χ2n) is 6.91. The summed E-state index contributed by atoms with van der Waals surface area (Å²) in [5.74, 6) is -1.75. The highest BCUT2D eigenvalue weighted by molar-refractivity contribution is 5.86. The van der Waals surface area contributed by atoms with Crippen LogP contribution in [0.1, 0.15) is 90.9 Å². The number of carbonyl (C=O) groups excluding carboxylic acids is 1. The fraction of sp³-hybridized carbons (Fsp3) is 0.652. The SMILES string of the molecule is C=CC(=O)OC(CC)(CCCCCC/C=C\C/C=C\CCCCC)C(=O)O. The van der Waals surface area contributed by atoms with Crippen molar-refractivity contribution in [3.8, 4) is 0 Å². The number of ether oxygens (including phenoxy) is 1. The van der Waals surface area contributed by atoms with Crippen LogP contribution in [-0.2, 0) is 14.3 Å². The molecule has 1 unspecified atom stereocenters. The van der Waals surface area contributed by atoms with Crippen molar-refractivity contribution in [1.29, 1.82) is 0 Å². The zero-order valence-electron chi connectivity index (χ0n) is 17.3. The molecule has 27 heavy (non-hydrogen) atoms. The lowest BCUT2D eigenvalue weighted by atomic mass is 9.92. The Morgan fingerprint density at radius 3 is 2.04 bits per heavy atom. The number of unbranched alkanes of at least 4 members (excludes halogenated alkanes) is 7. The lowest BCUT2D eigenvalue weighted by Gasteiger charge is -2.27. The van der Waals surface area contributed by atoms with E-state index in [1.54, 1.807) is 6.92 Å². The maximum Gasteiger partial charge on any atom is 0.348 e. The minimum Gasteiger partial charge on any atom is -0.478 e. The Morgan fingerprint density at radius 2 is 1.52 bits per heavy atom. The summed E-state index contributed by atoms with van der Waals surface area (Å²) in [5.41, 5.74) is -1.42. The van der Waals surface area contributed by atoms with Crippen LogP contribution in [-0.4, -0.2) is 22.6 Å². The van der Waals surface area contributed by atoms with Gasteiger partial charge in [0.1, 0.15) is 0 Å². The Kier molecular flexibility index (Phi) is 15.2. The second kappa shape index (κ2) is 16.3. The summed E-state index contributed by atoms with van der Waals surface area (Å²) in [6, 6.07) is 0. The molecule has 154 valence electrons. The van der Waals surface area contributed by atoms with Gasteiger partial charge < -0.3 is 9.84 Å². The molecule has 0 aliphatic rings. The van der Waals surface area contributed by atoms with Gasteiger partial charge in [-0.25, -0.2) is 9.59 Å². The minimum absolute atomic E-state index is 0.261. The summed E-state index contributed by atoms with van der Waals surface area (Å²) in [4.78, 5) is 23.0. The second-order valence-corrected chi connectivity index (χ2v) is 6.91. The molecule has 0 aromatic carbocycles. The molecule has 0 fully saturated rings. The number of rotatable bonds is 17. The molecule has 4 nitrogen and oxygen atoms in total. The van der Waals surface area contributed by atoms with Gasteiger partial charge in [-0.1, -0.05) is 70.4 Å². The summed E-state index contributed by atoms with van der Waals surface area (Å²) < 4.78 is 5.14. The summed E-state index contributed by atoms with van der Waals surface area (Å²) in [5, 5.41) is 9.45. The van der Waals surface area contributed by atoms with Gasteiger partial charge in [-0.3, -0.25) is 0 Å². The Hall–Kier alpha value is -1.84. The Labute approximate surface area is 165 Å². The molecule has 0 aromatic heterocycles. The molecule has 0 radical (unpaired) electrons. The van der Waals surface area contributed by atoms with Gasteiger partial charge in [0.15, 0.2) is 0 Å².